The minimum atomic E-state index is -0.393. The van der Waals surface area contributed by atoms with Crippen LogP contribution in [0.2, 0.25) is 0 Å². The molecule has 1 aliphatic rings. The smallest absolute Gasteiger partial charge is 0.409 e. The molecule has 0 N–H and O–H groups in total. The molecule has 0 aromatic heterocycles. The third-order valence-electron chi connectivity index (χ3n) is 2.63. The van der Waals surface area contributed by atoms with E-state index in [0.29, 0.717) is 25.3 Å². The van der Waals surface area contributed by atoms with Gasteiger partial charge in [-0.1, -0.05) is 0 Å². The van der Waals surface area contributed by atoms with Crippen LogP contribution in [0.3, 0.4) is 0 Å². The minimum Gasteiger partial charge on any atom is -0.453 e. The number of carbonyl (C=O) groups is 2. The van der Waals surface area contributed by atoms with E-state index in [9.17, 15) is 9.59 Å². The molecule has 5 heteroatoms. The number of rotatable bonds is 3. The highest BCUT2D eigenvalue weighted by Crippen LogP contribution is 2.20. The fourth-order valence-corrected chi connectivity index (χ4v) is 2.08. The summed E-state index contributed by atoms with van der Waals surface area (Å²) in [5, 5.41) is 0. The summed E-state index contributed by atoms with van der Waals surface area (Å²) in [6.07, 6.45) is 2.38. The topological polar surface area (TPSA) is 46.6 Å². The standard InChI is InChI=1S/C10H16ClNO3/c1-15-10(14)12(6-5-11)8-3-2-4-9(13)7-8/h8H,2-7H2,1H3. The molecule has 1 aliphatic carbocycles. The van der Waals surface area contributed by atoms with Gasteiger partial charge < -0.3 is 9.64 Å². The van der Waals surface area contributed by atoms with Crippen LogP contribution >= 0.6 is 11.6 Å². The van der Waals surface area contributed by atoms with Gasteiger partial charge in [-0.3, -0.25) is 4.79 Å². The van der Waals surface area contributed by atoms with Crippen molar-refractivity contribution in [3.8, 4) is 0 Å². The monoisotopic (exact) mass is 233 g/mol. The molecule has 86 valence electrons. The summed E-state index contributed by atoms with van der Waals surface area (Å²) in [6, 6.07) is -0.0301. The van der Waals surface area contributed by atoms with Crippen LogP contribution in [0.15, 0.2) is 0 Å². The summed E-state index contributed by atoms with van der Waals surface area (Å²) >= 11 is 5.62. The van der Waals surface area contributed by atoms with Crippen LogP contribution in [0.25, 0.3) is 0 Å². The van der Waals surface area contributed by atoms with Crippen LogP contribution in [0.5, 0.6) is 0 Å². The van der Waals surface area contributed by atoms with Gasteiger partial charge in [-0.2, -0.15) is 0 Å². The molecule has 1 amide bonds. The average molecular weight is 234 g/mol. The largest absolute Gasteiger partial charge is 0.453 e. The fraction of sp³-hybridized carbons (Fsp3) is 0.800. The summed E-state index contributed by atoms with van der Waals surface area (Å²) in [4.78, 5) is 24.3. The Morgan fingerprint density at radius 2 is 2.40 bits per heavy atom. The van der Waals surface area contributed by atoms with Gasteiger partial charge in [0.05, 0.1) is 7.11 Å². The van der Waals surface area contributed by atoms with Crippen molar-refractivity contribution < 1.29 is 14.3 Å². The first kappa shape index (κ1) is 12.3. The zero-order valence-electron chi connectivity index (χ0n) is 8.87. The number of methoxy groups -OCH3 is 1. The first-order valence-corrected chi connectivity index (χ1v) is 5.64. The van der Waals surface area contributed by atoms with E-state index in [1.54, 1.807) is 4.90 Å². The van der Waals surface area contributed by atoms with Crippen molar-refractivity contribution in [2.24, 2.45) is 0 Å². The molecule has 0 bridgehead atoms. The van der Waals surface area contributed by atoms with E-state index in [1.165, 1.54) is 7.11 Å². The second-order valence-electron chi connectivity index (χ2n) is 3.64. The van der Waals surface area contributed by atoms with Gasteiger partial charge in [0.15, 0.2) is 0 Å². The van der Waals surface area contributed by atoms with Crippen molar-refractivity contribution in [1.82, 2.24) is 4.90 Å². The van der Waals surface area contributed by atoms with Crippen LogP contribution in [0.4, 0.5) is 4.79 Å². The number of amides is 1. The van der Waals surface area contributed by atoms with Crippen LogP contribution in [0.1, 0.15) is 25.7 Å². The molecular formula is C10H16ClNO3. The maximum Gasteiger partial charge on any atom is 0.409 e. The van der Waals surface area contributed by atoms with Crippen LogP contribution in [-0.2, 0) is 9.53 Å². The third-order valence-corrected chi connectivity index (χ3v) is 2.80. The lowest BCUT2D eigenvalue weighted by atomic mass is 9.93. The fourth-order valence-electron chi connectivity index (χ4n) is 1.90. The highest BCUT2D eigenvalue weighted by molar-refractivity contribution is 6.18. The Bertz CT molecular complexity index is 245. The highest BCUT2D eigenvalue weighted by Gasteiger charge is 2.28. The zero-order valence-corrected chi connectivity index (χ0v) is 9.63. The van der Waals surface area contributed by atoms with Gasteiger partial charge in [0.25, 0.3) is 0 Å². The molecule has 1 fully saturated rings. The highest BCUT2D eigenvalue weighted by atomic mass is 35.5. The van der Waals surface area contributed by atoms with Crippen LogP contribution in [0, 0.1) is 0 Å². The predicted molar refractivity (Wildman–Crippen MR) is 57.1 cm³/mol. The van der Waals surface area contributed by atoms with Crippen molar-refractivity contribution in [3.63, 3.8) is 0 Å². The summed E-state index contributed by atoms with van der Waals surface area (Å²) in [5.41, 5.74) is 0. The summed E-state index contributed by atoms with van der Waals surface area (Å²) < 4.78 is 4.67. The molecule has 0 radical (unpaired) electrons. The number of Topliss-reactive ketones (excluding diaryl/α,β-unsaturated/α-hetero) is 1. The number of ketones is 1. The van der Waals surface area contributed by atoms with Crippen molar-refractivity contribution in [2.45, 2.75) is 31.7 Å². The van der Waals surface area contributed by atoms with E-state index in [2.05, 4.69) is 4.74 Å². The lowest BCUT2D eigenvalue weighted by Gasteiger charge is -2.32. The molecular weight excluding hydrogens is 218 g/mol. The van der Waals surface area contributed by atoms with Crippen molar-refractivity contribution >= 4 is 23.5 Å². The minimum absolute atomic E-state index is 0.0301. The van der Waals surface area contributed by atoms with Gasteiger partial charge in [0.2, 0.25) is 0 Å². The van der Waals surface area contributed by atoms with E-state index in [-0.39, 0.29) is 11.8 Å². The Balaban J connectivity index is 2.61. The molecule has 0 saturated heterocycles. The summed E-state index contributed by atoms with van der Waals surface area (Å²) in [5.74, 6) is 0.578. The quantitative estimate of drug-likeness (QED) is 0.699. The molecule has 1 atom stereocenters. The second kappa shape index (κ2) is 5.95. The molecule has 4 nitrogen and oxygen atoms in total. The predicted octanol–water partition coefficient (Wildman–Crippen LogP) is 1.81. The Morgan fingerprint density at radius 3 is 2.93 bits per heavy atom. The Kier molecular flexibility index (Phi) is 4.88. The number of nitrogens with zero attached hydrogens (tertiary/aromatic N) is 1. The van der Waals surface area contributed by atoms with Gasteiger partial charge in [-0.15, -0.1) is 11.6 Å². The zero-order chi connectivity index (χ0) is 11.3. The maximum atomic E-state index is 11.4. The van der Waals surface area contributed by atoms with Gasteiger partial charge in [0.1, 0.15) is 5.78 Å². The molecule has 0 aromatic carbocycles. The van der Waals surface area contributed by atoms with Crippen molar-refractivity contribution in [2.75, 3.05) is 19.5 Å². The Labute approximate surface area is 94.5 Å². The molecule has 0 aromatic rings. The second-order valence-corrected chi connectivity index (χ2v) is 4.02. The first-order chi connectivity index (χ1) is 7.19. The number of carbonyl (C=O) groups excluding carboxylic acids is 2. The SMILES string of the molecule is COC(=O)N(CCCl)C1CCCC(=O)C1. The first-order valence-electron chi connectivity index (χ1n) is 5.11. The van der Waals surface area contributed by atoms with E-state index >= 15 is 0 Å². The van der Waals surface area contributed by atoms with E-state index in [0.717, 1.165) is 12.8 Å². The van der Waals surface area contributed by atoms with E-state index in [1.807, 2.05) is 0 Å². The Hall–Kier alpha value is -0.770. The van der Waals surface area contributed by atoms with Crippen molar-refractivity contribution in [1.29, 1.82) is 0 Å². The number of hydrogen-bond donors (Lipinski definition) is 0. The number of halogens is 1. The van der Waals surface area contributed by atoms with Gasteiger partial charge in [0, 0.05) is 31.3 Å². The van der Waals surface area contributed by atoms with E-state index < -0.39 is 6.09 Å². The normalized spacial score (nSPS) is 21.2. The van der Waals surface area contributed by atoms with Crippen LogP contribution < -0.4 is 0 Å². The van der Waals surface area contributed by atoms with Crippen LogP contribution in [-0.4, -0.2) is 42.4 Å². The molecule has 1 saturated carbocycles. The lowest BCUT2D eigenvalue weighted by Crippen LogP contribution is -2.44. The third kappa shape index (κ3) is 3.38. The number of ether oxygens (including phenoxy) is 1. The molecule has 0 spiro atoms. The molecule has 0 heterocycles. The Morgan fingerprint density at radius 1 is 1.67 bits per heavy atom. The molecule has 1 unspecified atom stereocenters. The number of hydrogen-bond acceptors (Lipinski definition) is 3. The molecule has 15 heavy (non-hydrogen) atoms. The van der Waals surface area contributed by atoms with E-state index in [4.69, 9.17) is 11.6 Å². The van der Waals surface area contributed by atoms with Gasteiger partial charge in [-0.25, -0.2) is 4.79 Å². The lowest BCUT2D eigenvalue weighted by molar-refractivity contribution is -0.121. The average Bonchev–Trinajstić information content (AvgIpc) is 2.25. The summed E-state index contributed by atoms with van der Waals surface area (Å²) in [6.45, 7) is 0.437. The molecule has 0 aliphatic heterocycles. The molecule has 1 rings (SSSR count). The van der Waals surface area contributed by atoms with Gasteiger partial charge in [-0.05, 0) is 12.8 Å². The maximum absolute atomic E-state index is 11.4. The van der Waals surface area contributed by atoms with Gasteiger partial charge >= 0.3 is 6.09 Å². The van der Waals surface area contributed by atoms with Crippen molar-refractivity contribution in [3.05, 3.63) is 0 Å². The summed E-state index contributed by atoms with van der Waals surface area (Å²) in [7, 11) is 1.34. The number of alkyl halides is 1.